The maximum Gasteiger partial charge on any atom is 0.152 e. The van der Waals surface area contributed by atoms with Gasteiger partial charge in [-0.3, -0.25) is 15.1 Å². The minimum atomic E-state index is -1.07. The molecule has 4 aromatic rings. The van der Waals surface area contributed by atoms with Gasteiger partial charge in [-0.2, -0.15) is 11.3 Å². The van der Waals surface area contributed by atoms with Gasteiger partial charge < -0.3 is 5.11 Å². The zero-order valence-corrected chi connectivity index (χ0v) is 20.6. The van der Waals surface area contributed by atoms with Crippen LogP contribution in [0.1, 0.15) is 28.9 Å². The molecular formula is C27H23ClN2O2S2. The molecule has 0 bridgehead atoms. The van der Waals surface area contributed by atoms with Crippen LogP contribution in [0.3, 0.4) is 0 Å². The zero-order valence-electron chi connectivity index (χ0n) is 18.2. The first kappa shape index (κ1) is 23.3. The van der Waals surface area contributed by atoms with E-state index in [1.54, 1.807) is 17.4 Å². The van der Waals surface area contributed by atoms with E-state index in [4.69, 9.17) is 16.6 Å². The summed E-state index contributed by atoms with van der Waals surface area (Å²) in [6.07, 6.45) is -0.192. The summed E-state index contributed by atoms with van der Waals surface area (Å²) in [6, 6.07) is 25.4. The average molecular weight is 507 g/mol. The van der Waals surface area contributed by atoms with Crippen molar-refractivity contribution in [2.45, 2.75) is 34.8 Å². The van der Waals surface area contributed by atoms with Crippen LogP contribution in [-0.2, 0) is 16.8 Å². The number of hydrogen-bond donors (Lipinski definition) is 2. The fourth-order valence-corrected chi connectivity index (χ4v) is 6.37. The van der Waals surface area contributed by atoms with Crippen molar-refractivity contribution in [2.24, 2.45) is 0 Å². The molecule has 1 aliphatic heterocycles. The quantitative estimate of drug-likeness (QED) is 0.352. The largest absolute Gasteiger partial charge is 0.377 e. The van der Waals surface area contributed by atoms with Crippen molar-refractivity contribution in [1.82, 2.24) is 10.3 Å². The number of nitrogens with one attached hydrogen (secondary N) is 1. The summed E-state index contributed by atoms with van der Waals surface area (Å²) >= 11 is 9.16. The Labute approximate surface area is 212 Å². The molecule has 34 heavy (non-hydrogen) atoms. The number of piperidine rings is 1. The number of aromatic nitrogens is 1. The molecule has 0 aliphatic carbocycles. The molecule has 1 saturated heterocycles. The maximum absolute atomic E-state index is 13.5. The number of thiophene rings is 1. The van der Waals surface area contributed by atoms with Gasteiger partial charge >= 0.3 is 0 Å². The van der Waals surface area contributed by atoms with Crippen molar-refractivity contribution in [3.05, 3.63) is 117 Å². The highest BCUT2D eigenvalue weighted by Gasteiger charge is 2.48. The van der Waals surface area contributed by atoms with E-state index < -0.39 is 17.0 Å². The molecule has 0 amide bonds. The fraction of sp³-hybridized carbons (Fsp3) is 0.185. The molecule has 0 saturated carbocycles. The van der Waals surface area contributed by atoms with Crippen LogP contribution in [0.4, 0.5) is 0 Å². The van der Waals surface area contributed by atoms with Crippen molar-refractivity contribution < 1.29 is 9.90 Å². The molecule has 0 spiro atoms. The first-order valence-corrected chi connectivity index (χ1v) is 13.2. The van der Waals surface area contributed by atoms with E-state index in [0.717, 1.165) is 21.8 Å². The number of aliphatic hydroxyl groups excluding tert-OH is 1. The lowest BCUT2D eigenvalue weighted by atomic mass is 9.79. The molecule has 2 aromatic carbocycles. The van der Waals surface area contributed by atoms with E-state index in [2.05, 4.69) is 17.4 Å². The first-order valence-electron chi connectivity index (χ1n) is 11.0. The highest BCUT2D eigenvalue weighted by atomic mass is 35.5. The number of carbonyl (C=O) groups is 1. The van der Waals surface area contributed by atoms with Crippen molar-refractivity contribution in [2.75, 3.05) is 0 Å². The Hall–Kier alpha value is -2.48. The van der Waals surface area contributed by atoms with E-state index in [9.17, 15) is 9.90 Å². The Bertz CT molecular complexity index is 1280. The Morgan fingerprint density at radius 1 is 1.06 bits per heavy atom. The predicted molar refractivity (Wildman–Crippen MR) is 138 cm³/mol. The number of rotatable bonds is 6. The van der Waals surface area contributed by atoms with Crippen molar-refractivity contribution in [1.29, 1.82) is 0 Å². The van der Waals surface area contributed by atoms with Crippen LogP contribution in [0, 0.1) is 0 Å². The molecule has 1 fully saturated rings. The van der Waals surface area contributed by atoms with E-state index in [1.807, 2.05) is 71.4 Å². The molecule has 5 rings (SSSR count). The number of nitrogens with zero attached hydrogens (tertiary/aromatic N) is 1. The second kappa shape index (κ2) is 10.0. The van der Waals surface area contributed by atoms with Gasteiger partial charge in [-0.15, -0.1) is 11.8 Å². The number of benzene rings is 2. The molecular weight excluding hydrogens is 484 g/mol. The lowest BCUT2D eigenvalue weighted by Gasteiger charge is -2.42. The van der Waals surface area contributed by atoms with E-state index >= 15 is 0 Å². The zero-order chi connectivity index (χ0) is 23.5. The van der Waals surface area contributed by atoms with Gasteiger partial charge in [-0.05, 0) is 52.2 Å². The summed E-state index contributed by atoms with van der Waals surface area (Å²) in [7, 11) is 0. The Morgan fingerprint density at radius 2 is 1.85 bits per heavy atom. The monoisotopic (exact) mass is 506 g/mol. The highest BCUT2D eigenvalue weighted by Crippen LogP contribution is 2.42. The lowest BCUT2D eigenvalue weighted by Crippen LogP contribution is -2.60. The summed E-state index contributed by atoms with van der Waals surface area (Å²) < 4.78 is 0. The molecule has 172 valence electrons. The number of carbonyl (C=O) groups excluding carboxylic acids is 1. The molecule has 1 aliphatic rings. The third kappa shape index (κ3) is 4.69. The maximum atomic E-state index is 13.5. The van der Waals surface area contributed by atoms with Crippen LogP contribution in [0.2, 0.25) is 5.02 Å². The summed E-state index contributed by atoms with van der Waals surface area (Å²) in [5.74, 6) is -0.0439. The lowest BCUT2D eigenvalue weighted by molar-refractivity contribution is -0.125. The van der Waals surface area contributed by atoms with Gasteiger partial charge in [0.15, 0.2) is 5.78 Å². The number of ketones is 1. The van der Waals surface area contributed by atoms with E-state index in [1.165, 1.54) is 17.3 Å². The number of thioether (sulfide) groups is 1. The molecule has 4 nitrogen and oxygen atoms in total. The van der Waals surface area contributed by atoms with Crippen LogP contribution in [0.25, 0.3) is 0 Å². The standard InChI is InChI=1S/C27H23ClN2O2S2/c28-21-10-4-5-11-23(21)34-25-22(31)16-27(30-26(25)32,19-13-14-33-17-19)24-12-6-9-20(29-24)15-18-7-2-1-3-8-18/h1-14,17,25-26,30,32H,15-16H2. The predicted octanol–water partition coefficient (Wildman–Crippen LogP) is 5.67. The van der Waals surface area contributed by atoms with Gasteiger partial charge in [-0.25, -0.2) is 0 Å². The second-order valence-corrected chi connectivity index (χ2v) is 10.7. The Balaban J connectivity index is 1.48. The summed E-state index contributed by atoms with van der Waals surface area (Å²) in [5.41, 5.74) is 2.83. The topological polar surface area (TPSA) is 62.2 Å². The summed E-state index contributed by atoms with van der Waals surface area (Å²) in [4.78, 5) is 19.2. The fourth-order valence-electron chi connectivity index (χ4n) is 4.35. The van der Waals surface area contributed by atoms with E-state index in [0.29, 0.717) is 11.4 Å². The van der Waals surface area contributed by atoms with Crippen LogP contribution in [-0.4, -0.2) is 27.4 Å². The van der Waals surface area contributed by atoms with Gasteiger partial charge in [0.25, 0.3) is 0 Å². The number of pyridine rings is 1. The van der Waals surface area contributed by atoms with Crippen LogP contribution in [0.5, 0.6) is 0 Å². The van der Waals surface area contributed by atoms with E-state index in [-0.39, 0.29) is 12.2 Å². The smallest absolute Gasteiger partial charge is 0.152 e. The molecule has 2 aromatic heterocycles. The average Bonchev–Trinajstić information content (AvgIpc) is 3.39. The first-order chi connectivity index (χ1) is 16.5. The van der Waals surface area contributed by atoms with Gasteiger partial charge in [0.05, 0.1) is 16.3 Å². The van der Waals surface area contributed by atoms with Crippen LogP contribution >= 0.6 is 34.7 Å². The molecule has 3 heterocycles. The minimum absolute atomic E-state index is 0.0439. The Kier molecular flexibility index (Phi) is 6.86. The Morgan fingerprint density at radius 3 is 2.59 bits per heavy atom. The van der Waals surface area contributed by atoms with Gasteiger partial charge in [0.1, 0.15) is 11.5 Å². The van der Waals surface area contributed by atoms with Crippen molar-refractivity contribution in [3.63, 3.8) is 0 Å². The third-order valence-corrected chi connectivity index (χ3v) is 8.52. The number of Topliss-reactive ketones (excluding diaryl/α,β-unsaturated/α-hetero) is 1. The molecule has 3 unspecified atom stereocenters. The minimum Gasteiger partial charge on any atom is -0.377 e. The summed E-state index contributed by atoms with van der Waals surface area (Å²) in [5, 5.41) is 18.4. The molecule has 2 N–H and O–H groups in total. The van der Waals surface area contributed by atoms with Gasteiger partial charge in [-0.1, -0.05) is 60.1 Å². The second-order valence-electron chi connectivity index (χ2n) is 8.30. The van der Waals surface area contributed by atoms with Crippen molar-refractivity contribution in [3.8, 4) is 0 Å². The van der Waals surface area contributed by atoms with Gasteiger partial charge in [0.2, 0.25) is 0 Å². The normalized spacial score (nSPS) is 22.6. The van der Waals surface area contributed by atoms with Crippen molar-refractivity contribution >= 4 is 40.5 Å². The number of hydrogen-bond acceptors (Lipinski definition) is 6. The molecule has 0 radical (unpaired) electrons. The van der Waals surface area contributed by atoms with Gasteiger partial charge in [0, 0.05) is 23.4 Å². The van der Waals surface area contributed by atoms with Crippen LogP contribution < -0.4 is 5.32 Å². The SMILES string of the molecule is O=C1CC(c2ccsc2)(c2cccc(Cc3ccccc3)n2)NC(O)C1Sc1ccccc1Cl. The molecule has 7 heteroatoms. The molecule has 3 atom stereocenters. The highest BCUT2D eigenvalue weighted by molar-refractivity contribution is 8.00. The summed E-state index contributed by atoms with van der Waals surface area (Å²) in [6.45, 7) is 0. The number of halogens is 1. The third-order valence-electron chi connectivity index (χ3n) is 6.01. The van der Waals surface area contributed by atoms with Crippen LogP contribution in [0.15, 0.2) is 94.5 Å². The number of aliphatic hydroxyl groups is 1.